The monoisotopic (exact) mass is 586 g/mol. The number of nitro groups is 1. The molecule has 8 heteroatoms. The number of alkyl halides is 1. The van der Waals surface area contributed by atoms with Crippen molar-refractivity contribution in [2.24, 2.45) is 0 Å². The highest BCUT2D eigenvalue weighted by molar-refractivity contribution is 14.1. The Morgan fingerprint density at radius 1 is 1.09 bits per heavy atom. The number of hydrogen-bond donors (Lipinski definition) is 0. The van der Waals surface area contributed by atoms with Gasteiger partial charge in [-0.25, -0.2) is 0 Å². The summed E-state index contributed by atoms with van der Waals surface area (Å²) >= 11 is 4.08. The van der Waals surface area contributed by atoms with Crippen molar-refractivity contribution < 1.29 is 14.2 Å². The molecule has 0 unspecified atom stereocenters. The molecule has 0 aliphatic carbocycles. The van der Waals surface area contributed by atoms with Crippen LogP contribution in [0.15, 0.2) is 66.7 Å². The maximum absolute atomic E-state index is 11.2. The molecule has 174 valence electrons. The van der Waals surface area contributed by atoms with Crippen molar-refractivity contribution in [1.82, 2.24) is 0 Å². The summed E-state index contributed by atoms with van der Waals surface area (Å²) in [4.78, 5) is 12.9. The van der Waals surface area contributed by atoms with E-state index in [1.165, 1.54) is 0 Å². The van der Waals surface area contributed by atoms with E-state index >= 15 is 0 Å². The van der Waals surface area contributed by atoms with Gasteiger partial charge in [-0.05, 0) is 76.5 Å². The second-order valence-corrected chi connectivity index (χ2v) is 9.60. The van der Waals surface area contributed by atoms with E-state index in [9.17, 15) is 10.1 Å². The minimum absolute atomic E-state index is 0.0821. The molecule has 0 saturated carbocycles. The van der Waals surface area contributed by atoms with E-state index in [0.717, 1.165) is 47.9 Å². The summed E-state index contributed by atoms with van der Waals surface area (Å²) < 4.78 is 9.92. The van der Waals surface area contributed by atoms with E-state index in [1.54, 1.807) is 23.5 Å². The van der Waals surface area contributed by atoms with E-state index in [-0.39, 0.29) is 10.6 Å². The molecule has 0 spiro atoms. The van der Waals surface area contributed by atoms with Crippen molar-refractivity contribution in [2.75, 3.05) is 25.6 Å². The average Bonchev–Trinajstić information content (AvgIpc) is 3.19. The topological polar surface area (TPSA) is 59.5 Å². The van der Waals surface area contributed by atoms with Gasteiger partial charge in [0.25, 0.3) is 10.7 Å². The van der Waals surface area contributed by atoms with Crippen molar-refractivity contribution in [3.05, 3.63) is 93.0 Å². The van der Waals surface area contributed by atoms with Gasteiger partial charge in [0.1, 0.15) is 10.4 Å². The van der Waals surface area contributed by atoms with Crippen LogP contribution < -0.4 is 14.2 Å². The van der Waals surface area contributed by atoms with Crippen LogP contribution in [0, 0.1) is 10.1 Å². The van der Waals surface area contributed by atoms with Crippen LogP contribution in [0.3, 0.4) is 0 Å². The third-order valence-electron chi connectivity index (χ3n) is 5.48. The number of benzene rings is 3. The zero-order valence-electron chi connectivity index (χ0n) is 19.2. The lowest BCUT2D eigenvalue weighted by molar-refractivity contribution is -0.641. The zero-order valence-corrected chi connectivity index (χ0v) is 22.2. The number of rotatable bonds is 8. The van der Waals surface area contributed by atoms with Gasteiger partial charge >= 0.3 is 0 Å². The Balaban J connectivity index is 1.87. The number of anilines is 1. The van der Waals surface area contributed by atoms with E-state index in [2.05, 4.69) is 74.5 Å². The van der Waals surface area contributed by atoms with Crippen LogP contribution in [0.4, 0.5) is 11.4 Å². The fourth-order valence-electron chi connectivity index (χ4n) is 3.73. The lowest BCUT2D eigenvalue weighted by atomic mass is 9.97. The normalized spacial score (nSPS) is 11.6. The van der Waals surface area contributed by atoms with Gasteiger partial charge in [-0.15, -0.1) is 0 Å². The van der Waals surface area contributed by atoms with Crippen LogP contribution in [-0.4, -0.2) is 25.6 Å². The fourth-order valence-corrected chi connectivity index (χ4v) is 5.83. The number of non-ortho nitro benzene ring substituents is 1. The Labute approximate surface area is 216 Å². The first-order chi connectivity index (χ1) is 16.4. The van der Waals surface area contributed by atoms with Crippen molar-refractivity contribution in [3.63, 3.8) is 0 Å². The molecule has 0 N–H and O–H groups in total. The molecule has 0 aliphatic rings. The first-order valence-electron chi connectivity index (χ1n) is 10.8. The van der Waals surface area contributed by atoms with Gasteiger partial charge < -0.3 is 9.64 Å². The minimum Gasteiger partial charge on any atom is -0.494 e. The van der Waals surface area contributed by atoms with Crippen LogP contribution in [0.25, 0.3) is 21.9 Å². The second-order valence-electron chi connectivity index (χ2n) is 7.85. The maximum Gasteiger partial charge on any atom is 0.269 e. The van der Waals surface area contributed by atoms with E-state index in [1.807, 2.05) is 39.2 Å². The van der Waals surface area contributed by atoms with E-state index in [0.29, 0.717) is 6.61 Å². The molecule has 1 heterocycles. The second kappa shape index (κ2) is 10.5. The molecule has 4 aromatic rings. The summed E-state index contributed by atoms with van der Waals surface area (Å²) in [5.41, 5.74) is 5.33. The minimum atomic E-state index is -0.370. The van der Waals surface area contributed by atoms with Crippen LogP contribution >= 0.6 is 33.9 Å². The van der Waals surface area contributed by atoms with Crippen molar-refractivity contribution in [2.45, 2.75) is 11.5 Å². The molecule has 0 saturated heterocycles. The Kier molecular flexibility index (Phi) is 7.47. The first-order valence-corrected chi connectivity index (χ1v) is 13.1. The highest BCUT2D eigenvalue weighted by Gasteiger charge is 2.20. The van der Waals surface area contributed by atoms with Gasteiger partial charge in [-0.1, -0.05) is 23.5 Å². The van der Waals surface area contributed by atoms with Crippen molar-refractivity contribution >= 4 is 67.2 Å². The van der Waals surface area contributed by atoms with Crippen LogP contribution in [0.1, 0.15) is 23.1 Å². The number of aromatic nitrogens is 1. The molecule has 6 nitrogen and oxygen atoms in total. The highest BCUT2D eigenvalue weighted by atomic mass is 127. The van der Waals surface area contributed by atoms with Crippen LogP contribution in [0.2, 0.25) is 0 Å². The third-order valence-corrected chi connectivity index (χ3v) is 7.26. The van der Waals surface area contributed by atoms with E-state index < -0.39 is 0 Å². The molecule has 0 fully saturated rings. The quantitative estimate of drug-likeness (QED) is 0.0774. The molecule has 0 atom stereocenters. The summed E-state index contributed by atoms with van der Waals surface area (Å²) in [5.74, 6) is 0.863. The zero-order chi connectivity index (χ0) is 24.2. The first kappa shape index (κ1) is 24.2. The SMILES string of the molecule is CCOc1ccc2c(c1)sc(/C=C(\c1ccc(N(C)C)cc1)c1ccc([N+](=O)[O-])cc1)[n+]2CI. The predicted molar refractivity (Wildman–Crippen MR) is 148 cm³/mol. The Morgan fingerprint density at radius 3 is 2.29 bits per heavy atom. The lowest BCUT2D eigenvalue weighted by Gasteiger charge is -2.14. The van der Waals surface area contributed by atoms with Gasteiger partial charge in [0.05, 0.1) is 11.5 Å². The number of thiazole rings is 1. The maximum atomic E-state index is 11.2. The number of nitro benzene ring substituents is 1. The molecular weight excluding hydrogens is 561 g/mol. The molecular formula is C26H25IN3O3S+. The van der Waals surface area contributed by atoms with E-state index in [4.69, 9.17) is 4.74 Å². The van der Waals surface area contributed by atoms with Gasteiger partial charge in [0, 0.05) is 50.1 Å². The average molecular weight is 586 g/mol. The predicted octanol–water partition coefficient (Wildman–Crippen LogP) is 6.54. The number of nitrogens with zero attached hydrogens (tertiary/aromatic N) is 3. The largest absolute Gasteiger partial charge is 0.494 e. The Bertz CT molecular complexity index is 1350. The summed E-state index contributed by atoms with van der Waals surface area (Å²) in [6.45, 7) is 2.61. The van der Waals surface area contributed by atoms with Gasteiger partial charge in [-0.3, -0.25) is 10.1 Å². The lowest BCUT2D eigenvalue weighted by Crippen LogP contribution is -2.32. The van der Waals surface area contributed by atoms with Gasteiger partial charge in [-0.2, -0.15) is 4.57 Å². The molecule has 0 radical (unpaired) electrons. The molecule has 0 aliphatic heterocycles. The van der Waals surface area contributed by atoms with Crippen molar-refractivity contribution in [3.8, 4) is 5.75 Å². The Morgan fingerprint density at radius 2 is 1.74 bits per heavy atom. The number of fused-ring (bicyclic) bond motifs is 1. The van der Waals surface area contributed by atoms with Gasteiger partial charge in [0.2, 0.25) is 5.52 Å². The standard InChI is InChI=1S/C26H25IN3O3S/c1-4-33-22-13-14-24-25(15-22)34-26(29(24)17-27)16-23(18-5-9-20(10-6-18)28(2)3)19-7-11-21(12-8-19)30(31)32/h5-16H,4,17H2,1-3H3/q+1. The molecule has 1 aromatic heterocycles. The molecule has 34 heavy (non-hydrogen) atoms. The van der Waals surface area contributed by atoms with Gasteiger partial charge in [0.15, 0.2) is 4.55 Å². The molecule has 4 rings (SSSR count). The molecule has 0 amide bonds. The fraction of sp³-hybridized carbons (Fsp3) is 0.192. The smallest absolute Gasteiger partial charge is 0.269 e. The molecule has 0 bridgehead atoms. The highest BCUT2D eigenvalue weighted by Crippen LogP contribution is 2.32. The summed E-state index contributed by atoms with van der Waals surface area (Å²) in [7, 11) is 4.03. The Hall–Kier alpha value is -2.98. The summed E-state index contributed by atoms with van der Waals surface area (Å²) in [5, 5.41) is 12.3. The summed E-state index contributed by atoms with van der Waals surface area (Å²) in [6, 6.07) is 21.3. The summed E-state index contributed by atoms with van der Waals surface area (Å²) in [6.07, 6.45) is 2.18. The van der Waals surface area contributed by atoms with Crippen LogP contribution in [0.5, 0.6) is 5.75 Å². The van der Waals surface area contributed by atoms with Crippen molar-refractivity contribution in [1.29, 1.82) is 0 Å². The number of halogens is 1. The number of hydrogen-bond acceptors (Lipinski definition) is 5. The van der Waals surface area contributed by atoms with Crippen LogP contribution in [-0.2, 0) is 4.55 Å². The molecule has 3 aromatic carbocycles. The third kappa shape index (κ3) is 5.07. The number of ether oxygens (including phenoxy) is 1.